The van der Waals surface area contributed by atoms with Gasteiger partial charge < -0.3 is 0 Å². The van der Waals surface area contributed by atoms with Crippen LogP contribution in [0.15, 0.2) is 0 Å². The van der Waals surface area contributed by atoms with Crippen LogP contribution in [0.25, 0.3) is 0 Å². The number of rotatable bonds is 3. The molecule has 2 fully saturated rings. The summed E-state index contributed by atoms with van der Waals surface area (Å²) >= 11 is 0. The van der Waals surface area contributed by atoms with E-state index in [1.165, 1.54) is 4.90 Å². The molecule has 5 nitrogen and oxygen atoms in total. The summed E-state index contributed by atoms with van der Waals surface area (Å²) in [6.07, 6.45) is 5.35. The van der Waals surface area contributed by atoms with E-state index >= 15 is 0 Å². The molecule has 5 heteroatoms. The highest BCUT2D eigenvalue weighted by Crippen LogP contribution is 2.30. The zero-order valence-corrected chi connectivity index (χ0v) is 11.6. The van der Waals surface area contributed by atoms with Gasteiger partial charge in [0.2, 0.25) is 11.8 Å². The van der Waals surface area contributed by atoms with Crippen LogP contribution in [0, 0.1) is 11.8 Å². The maximum atomic E-state index is 12.4. The van der Waals surface area contributed by atoms with E-state index in [9.17, 15) is 14.4 Å². The van der Waals surface area contributed by atoms with Gasteiger partial charge in [0.05, 0.1) is 0 Å². The van der Waals surface area contributed by atoms with Crippen molar-refractivity contribution in [3.05, 3.63) is 0 Å². The standard InChI is InChI=1S/C14H22N2O3/c1-3-6-10-12(17)15-14(19)16(13(10)18)11-8-5-4-7-9(11)2/h9-11H,3-8H2,1-2H3,(H,15,17,19). The summed E-state index contributed by atoms with van der Waals surface area (Å²) in [4.78, 5) is 37.5. The summed E-state index contributed by atoms with van der Waals surface area (Å²) in [5, 5.41) is 2.34. The molecule has 3 atom stereocenters. The van der Waals surface area contributed by atoms with Crippen molar-refractivity contribution in [2.45, 2.75) is 58.4 Å². The molecule has 0 bridgehead atoms. The van der Waals surface area contributed by atoms with E-state index in [1.54, 1.807) is 0 Å². The van der Waals surface area contributed by atoms with Gasteiger partial charge in [0, 0.05) is 6.04 Å². The van der Waals surface area contributed by atoms with Crippen LogP contribution in [0.4, 0.5) is 4.79 Å². The van der Waals surface area contributed by atoms with E-state index in [2.05, 4.69) is 12.2 Å². The maximum absolute atomic E-state index is 12.4. The van der Waals surface area contributed by atoms with Crippen LogP contribution in [-0.4, -0.2) is 28.8 Å². The largest absolute Gasteiger partial charge is 0.331 e. The van der Waals surface area contributed by atoms with Gasteiger partial charge in [-0.15, -0.1) is 0 Å². The summed E-state index contributed by atoms with van der Waals surface area (Å²) in [6, 6.07) is -0.574. The normalized spacial score (nSPS) is 32.4. The summed E-state index contributed by atoms with van der Waals surface area (Å²) in [5.41, 5.74) is 0. The van der Waals surface area contributed by atoms with Crippen molar-refractivity contribution in [3.8, 4) is 0 Å². The number of nitrogens with zero attached hydrogens (tertiary/aromatic N) is 1. The Kier molecular flexibility index (Phi) is 4.22. The van der Waals surface area contributed by atoms with Crippen LogP contribution >= 0.6 is 0 Å². The van der Waals surface area contributed by atoms with Crippen LogP contribution in [0.3, 0.4) is 0 Å². The molecule has 0 spiro atoms. The van der Waals surface area contributed by atoms with E-state index in [1.807, 2.05) is 6.92 Å². The fourth-order valence-electron chi connectivity index (χ4n) is 3.17. The van der Waals surface area contributed by atoms with E-state index in [0.717, 1.165) is 32.1 Å². The summed E-state index contributed by atoms with van der Waals surface area (Å²) in [5.74, 6) is -1.10. The summed E-state index contributed by atoms with van der Waals surface area (Å²) < 4.78 is 0. The topological polar surface area (TPSA) is 66.5 Å². The van der Waals surface area contributed by atoms with Crippen LogP contribution < -0.4 is 5.32 Å². The van der Waals surface area contributed by atoms with Crippen molar-refractivity contribution in [1.29, 1.82) is 0 Å². The molecule has 0 aromatic carbocycles. The second-order valence-corrected chi connectivity index (χ2v) is 5.67. The highest BCUT2D eigenvalue weighted by molar-refractivity contribution is 6.16. The molecule has 1 heterocycles. The predicted molar refractivity (Wildman–Crippen MR) is 70.2 cm³/mol. The van der Waals surface area contributed by atoms with Crippen molar-refractivity contribution in [2.24, 2.45) is 11.8 Å². The van der Waals surface area contributed by atoms with Gasteiger partial charge in [-0.25, -0.2) is 4.79 Å². The minimum atomic E-state index is -0.683. The van der Waals surface area contributed by atoms with Gasteiger partial charge in [-0.3, -0.25) is 19.8 Å². The minimum absolute atomic E-state index is 0.0475. The smallest absolute Gasteiger partial charge is 0.277 e. The number of carbonyl (C=O) groups excluding carboxylic acids is 3. The SMILES string of the molecule is CCCC1C(=O)NC(=O)N(C2CCCCC2C)C1=O. The van der Waals surface area contributed by atoms with Crippen molar-refractivity contribution in [2.75, 3.05) is 0 Å². The molecule has 1 N–H and O–H groups in total. The zero-order chi connectivity index (χ0) is 14.0. The number of amides is 4. The fraction of sp³-hybridized carbons (Fsp3) is 0.786. The second-order valence-electron chi connectivity index (χ2n) is 5.67. The van der Waals surface area contributed by atoms with Crippen molar-refractivity contribution in [1.82, 2.24) is 10.2 Å². The first-order chi connectivity index (χ1) is 9.06. The zero-order valence-electron chi connectivity index (χ0n) is 11.6. The number of barbiturate groups is 1. The molecular weight excluding hydrogens is 244 g/mol. The third-order valence-corrected chi connectivity index (χ3v) is 4.28. The highest BCUT2D eigenvalue weighted by atomic mass is 16.2. The molecule has 2 aliphatic rings. The molecule has 4 amide bonds. The number of imide groups is 2. The molecule has 1 aliphatic heterocycles. The van der Waals surface area contributed by atoms with E-state index < -0.39 is 17.9 Å². The molecule has 106 valence electrons. The quantitative estimate of drug-likeness (QED) is 0.795. The second kappa shape index (κ2) is 5.72. The molecule has 0 aromatic heterocycles. The maximum Gasteiger partial charge on any atom is 0.331 e. The molecule has 0 radical (unpaired) electrons. The van der Waals surface area contributed by atoms with Gasteiger partial charge in [0.1, 0.15) is 5.92 Å². The summed E-state index contributed by atoms with van der Waals surface area (Å²) in [6.45, 7) is 4.01. The first kappa shape index (κ1) is 14.0. The Morgan fingerprint density at radius 2 is 1.89 bits per heavy atom. The van der Waals surface area contributed by atoms with Crippen molar-refractivity contribution in [3.63, 3.8) is 0 Å². The van der Waals surface area contributed by atoms with Crippen LogP contribution in [-0.2, 0) is 9.59 Å². The Bertz CT molecular complexity index is 394. The Labute approximate surface area is 113 Å². The lowest BCUT2D eigenvalue weighted by atomic mass is 9.84. The van der Waals surface area contributed by atoms with Gasteiger partial charge in [0.15, 0.2) is 0 Å². The molecule has 1 saturated heterocycles. The first-order valence-corrected chi connectivity index (χ1v) is 7.24. The monoisotopic (exact) mass is 266 g/mol. The molecule has 1 saturated carbocycles. The van der Waals surface area contributed by atoms with Crippen molar-refractivity contribution >= 4 is 17.8 Å². The molecule has 1 aliphatic carbocycles. The Hall–Kier alpha value is -1.39. The molecule has 19 heavy (non-hydrogen) atoms. The average Bonchev–Trinajstić information content (AvgIpc) is 2.36. The molecule has 0 aromatic rings. The van der Waals surface area contributed by atoms with Crippen LogP contribution in [0.2, 0.25) is 0 Å². The van der Waals surface area contributed by atoms with Gasteiger partial charge in [0.25, 0.3) is 0 Å². The van der Waals surface area contributed by atoms with Gasteiger partial charge in [-0.05, 0) is 25.2 Å². The number of carbonyl (C=O) groups is 3. The lowest BCUT2D eigenvalue weighted by Gasteiger charge is -2.40. The Morgan fingerprint density at radius 3 is 2.53 bits per heavy atom. The number of urea groups is 1. The third kappa shape index (κ3) is 2.65. The summed E-state index contributed by atoms with van der Waals surface area (Å²) in [7, 11) is 0. The number of nitrogens with one attached hydrogen (secondary N) is 1. The average molecular weight is 266 g/mol. The number of hydrogen-bond acceptors (Lipinski definition) is 3. The van der Waals surface area contributed by atoms with E-state index in [4.69, 9.17) is 0 Å². The lowest BCUT2D eigenvalue weighted by molar-refractivity contribution is -0.145. The minimum Gasteiger partial charge on any atom is -0.277 e. The third-order valence-electron chi connectivity index (χ3n) is 4.28. The Morgan fingerprint density at radius 1 is 1.21 bits per heavy atom. The molecular formula is C14H22N2O3. The molecule has 2 rings (SSSR count). The predicted octanol–water partition coefficient (Wildman–Crippen LogP) is 2.06. The van der Waals surface area contributed by atoms with Gasteiger partial charge in [-0.2, -0.15) is 0 Å². The first-order valence-electron chi connectivity index (χ1n) is 7.24. The highest BCUT2D eigenvalue weighted by Gasteiger charge is 2.44. The van der Waals surface area contributed by atoms with Crippen LogP contribution in [0.1, 0.15) is 52.4 Å². The lowest BCUT2D eigenvalue weighted by Crippen LogP contribution is -2.62. The fourth-order valence-corrected chi connectivity index (χ4v) is 3.17. The van der Waals surface area contributed by atoms with Crippen molar-refractivity contribution < 1.29 is 14.4 Å². The van der Waals surface area contributed by atoms with Gasteiger partial charge in [-0.1, -0.05) is 33.1 Å². The van der Waals surface area contributed by atoms with E-state index in [0.29, 0.717) is 12.3 Å². The van der Waals surface area contributed by atoms with Crippen LogP contribution in [0.5, 0.6) is 0 Å². The van der Waals surface area contributed by atoms with E-state index in [-0.39, 0.29) is 11.9 Å². The molecule has 3 unspecified atom stereocenters. The Balaban J connectivity index is 2.20. The van der Waals surface area contributed by atoms with Gasteiger partial charge >= 0.3 is 6.03 Å². The number of hydrogen-bond donors (Lipinski definition) is 1.